The van der Waals surface area contributed by atoms with Crippen LogP contribution in [0.15, 0.2) is 36.4 Å². The van der Waals surface area contributed by atoms with Gasteiger partial charge in [-0.15, -0.1) is 0 Å². The van der Waals surface area contributed by atoms with Gasteiger partial charge < -0.3 is 10.3 Å². The van der Waals surface area contributed by atoms with Gasteiger partial charge in [0.2, 0.25) is 0 Å². The van der Waals surface area contributed by atoms with Crippen LogP contribution >= 0.6 is 0 Å². The second kappa shape index (κ2) is 5.63. The SMILES string of the molecule is C=C(C)CNCc1ccccc1[B]O. The molecule has 1 radical (unpaired) electrons. The number of nitrogens with one attached hydrogen (secondary N) is 1. The fourth-order valence-corrected chi connectivity index (χ4v) is 1.23. The van der Waals surface area contributed by atoms with E-state index in [2.05, 4.69) is 11.9 Å². The molecular weight excluding hydrogens is 173 g/mol. The van der Waals surface area contributed by atoms with Gasteiger partial charge in [-0.2, -0.15) is 0 Å². The Bertz CT molecular complexity index is 312. The molecule has 0 fully saturated rings. The predicted octanol–water partition coefficient (Wildman–Crippen LogP) is 0.589. The van der Waals surface area contributed by atoms with Crippen molar-refractivity contribution in [2.75, 3.05) is 6.54 Å². The molecule has 0 saturated carbocycles. The summed E-state index contributed by atoms with van der Waals surface area (Å²) in [6, 6.07) is 7.75. The van der Waals surface area contributed by atoms with Gasteiger partial charge in [0.1, 0.15) is 0 Å². The lowest BCUT2D eigenvalue weighted by Crippen LogP contribution is -2.24. The summed E-state index contributed by atoms with van der Waals surface area (Å²) in [7, 11) is 1.14. The molecule has 73 valence electrons. The van der Waals surface area contributed by atoms with Gasteiger partial charge in [-0.05, 0) is 17.9 Å². The summed E-state index contributed by atoms with van der Waals surface area (Å²) in [6.45, 7) is 7.35. The molecule has 3 heteroatoms. The van der Waals surface area contributed by atoms with Gasteiger partial charge in [-0.3, -0.25) is 0 Å². The molecule has 0 atom stereocenters. The number of hydrogen-bond acceptors (Lipinski definition) is 2. The topological polar surface area (TPSA) is 32.3 Å². The monoisotopic (exact) mass is 188 g/mol. The van der Waals surface area contributed by atoms with Crippen molar-refractivity contribution in [1.82, 2.24) is 5.32 Å². The van der Waals surface area contributed by atoms with Gasteiger partial charge in [0, 0.05) is 13.1 Å². The van der Waals surface area contributed by atoms with Crippen LogP contribution in [0, 0.1) is 0 Å². The lowest BCUT2D eigenvalue weighted by molar-refractivity contribution is 0.614. The van der Waals surface area contributed by atoms with Crippen molar-refractivity contribution < 1.29 is 5.02 Å². The van der Waals surface area contributed by atoms with Crippen LogP contribution in [0.2, 0.25) is 0 Å². The molecule has 0 spiro atoms. The first-order chi connectivity index (χ1) is 6.74. The predicted molar refractivity (Wildman–Crippen MR) is 60.6 cm³/mol. The van der Waals surface area contributed by atoms with Gasteiger partial charge >= 0.3 is 7.48 Å². The van der Waals surface area contributed by atoms with E-state index in [1.165, 1.54) is 0 Å². The quantitative estimate of drug-likeness (QED) is 0.523. The average Bonchev–Trinajstić information content (AvgIpc) is 2.18. The maximum atomic E-state index is 8.96. The van der Waals surface area contributed by atoms with Crippen molar-refractivity contribution in [2.45, 2.75) is 13.5 Å². The molecule has 0 saturated heterocycles. The Kier molecular flexibility index (Phi) is 4.43. The second-order valence-electron chi connectivity index (χ2n) is 3.39. The maximum absolute atomic E-state index is 8.96. The fourth-order valence-electron chi connectivity index (χ4n) is 1.23. The molecule has 0 aliphatic rings. The third-order valence-corrected chi connectivity index (χ3v) is 1.94. The van der Waals surface area contributed by atoms with Crippen molar-refractivity contribution in [3.05, 3.63) is 42.0 Å². The van der Waals surface area contributed by atoms with Crippen molar-refractivity contribution in [1.29, 1.82) is 0 Å². The van der Waals surface area contributed by atoms with Crippen molar-refractivity contribution in [3.63, 3.8) is 0 Å². The van der Waals surface area contributed by atoms with Crippen LogP contribution < -0.4 is 10.8 Å². The first-order valence-electron chi connectivity index (χ1n) is 4.64. The minimum atomic E-state index is 0.750. The van der Waals surface area contributed by atoms with E-state index in [-0.39, 0.29) is 0 Å². The van der Waals surface area contributed by atoms with Gasteiger partial charge in [0.25, 0.3) is 0 Å². The molecule has 0 unspecified atom stereocenters. The van der Waals surface area contributed by atoms with E-state index >= 15 is 0 Å². The largest absolute Gasteiger partial charge is 0.450 e. The van der Waals surface area contributed by atoms with Crippen LogP contribution in [0.1, 0.15) is 12.5 Å². The highest BCUT2D eigenvalue weighted by Gasteiger charge is 2.00. The van der Waals surface area contributed by atoms with Gasteiger partial charge in [-0.25, -0.2) is 0 Å². The Morgan fingerprint density at radius 3 is 2.86 bits per heavy atom. The fraction of sp³-hybridized carbons (Fsp3) is 0.273. The summed E-state index contributed by atoms with van der Waals surface area (Å²) in [6.07, 6.45) is 0. The van der Waals surface area contributed by atoms with E-state index in [0.717, 1.165) is 37.2 Å². The highest BCUT2D eigenvalue weighted by atomic mass is 16.2. The number of benzene rings is 1. The Hall–Kier alpha value is -1.06. The van der Waals surface area contributed by atoms with Crippen LogP contribution in [0.3, 0.4) is 0 Å². The molecule has 2 nitrogen and oxygen atoms in total. The van der Waals surface area contributed by atoms with E-state index in [9.17, 15) is 0 Å². The molecule has 0 aliphatic carbocycles. The Morgan fingerprint density at radius 1 is 1.50 bits per heavy atom. The van der Waals surface area contributed by atoms with Gasteiger partial charge in [0.05, 0.1) is 0 Å². The first-order valence-corrected chi connectivity index (χ1v) is 4.64. The summed E-state index contributed by atoms with van der Waals surface area (Å²) >= 11 is 0. The van der Waals surface area contributed by atoms with E-state index in [1.807, 2.05) is 31.2 Å². The molecule has 1 aromatic rings. The van der Waals surface area contributed by atoms with E-state index in [1.54, 1.807) is 0 Å². The van der Waals surface area contributed by atoms with Crippen LogP contribution in [-0.2, 0) is 6.54 Å². The van der Waals surface area contributed by atoms with E-state index < -0.39 is 0 Å². The molecule has 1 rings (SSSR count). The molecule has 0 bridgehead atoms. The van der Waals surface area contributed by atoms with Crippen molar-refractivity contribution in [3.8, 4) is 0 Å². The number of hydrogen-bond donors (Lipinski definition) is 2. The van der Waals surface area contributed by atoms with Crippen molar-refractivity contribution in [2.24, 2.45) is 0 Å². The highest BCUT2D eigenvalue weighted by Crippen LogP contribution is 1.95. The zero-order valence-electron chi connectivity index (χ0n) is 8.46. The van der Waals surface area contributed by atoms with Crippen molar-refractivity contribution >= 4 is 12.9 Å². The zero-order chi connectivity index (χ0) is 10.4. The summed E-state index contributed by atoms with van der Waals surface area (Å²) in [5, 5.41) is 12.2. The summed E-state index contributed by atoms with van der Waals surface area (Å²) in [4.78, 5) is 0. The second-order valence-corrected chi connectivity index (χ2v) is 3.39. The summed E-state index contributed by atoms with van der Waals surface area (Å²) in [5.74, 6) is 0. The third-order valence-electron chi connectivity index (χ3n) is 1.94. The Morgan fingerprint density at radius 2 is 2.21 bits per heavy atom. The Labute approximate surface area is 85.9 Å². The molecule has 0 heterocycles. The standard InChI is InChI=1S/C11H15BNO/c1-9(2)7-13-8-10-5-3-4-6-11(10)12-14/h3-6,13-14H,1,7-8H2,2H3. The normalized spacial score (nSPS) is 9.86. The van der Waals surface area contributed by atoms with Crippen LogP contribution in [0.25, 0.3) is 0 Å². The molecule has 1 aromatic carbocycles. The van der Waals surface area contributed by atoms with E-state index in [4.69, 9.17) is 5.02 Å². The number of rotatable bonds is 5. The molecule has 2 N–H and O–H groups in total. The van der Waals surface area contributed by atoms with E-state index in [0.29, 0.717) is 0 Å². The molecule has 0 aromatic heterocycles. The maximum Gasteiger partial charge on any atom is 0.327 e. The third kappa shape index (κ3) is 3.36. The Balaban J connectivity index is 2.53. The van der Waals surface area contributed by atoms with Crippen LogP contribution in [0.5, 0.6) is 0 Å². The minimum absolute atomic E-state index is 0.750. The van der Waals surface area contributed by atoms with Crippen LogP contribution in [0.4, 0.5) is 0 Å². The first kappa shape index (κ1) is 11.0. The molecule has 14 heavy (non-hydrogen) atoms. The highest BCUT2D eigenvalue weighted by molar-refractivity contribution is 6.46. The lowest BCUT2D eigenvalue weighted by Gasteiger charge is -2.07. The van der Waals surface area contributed by atoms with Gasteiger partial charge in [-0.1, -0.05) is 36.4 Å². The van der Waals surface area contributed by atoms with Gasteiger partial charge in [0.15, 0.2) is 0 Å². The molecular formula is C11H15BNO. The smallest absolute Gasteiger partial charge is 0.327 e. The van der Waals surface area contributed by atoms with Crippen LogP contribution in [-0.4, -0.2) is 19.1 Å². The minimum Gasteiger partial charge on any atom is -0.450 e. The summed E-state index contributed by atoms with van der Waals surface area (Å²) in [5.41, 5.74) is 3.06. The lowest BCUT2D eigenvalue weighted by atomic mass is 9.84. The summed E-state index contributed by atoms with van der Waals surface area (Å²) < 4.78 is 0. The zero-order valence-corrected chi connectivity index (χ0v) is 8.46. The molecule has 0 amide bonds. The molecule has 0 aliphatic heterocycles. The average molecular weight is 188 g/mol.